The number of anilines is 6. The molecule has 254 valence electrons. The number of fused-ring (bicyclic) bond motifs is 2. The Bertz CT molecular complexity index is 2350. The van der Waals surface area contributed by atoms with Crippen LogP contribution in [0, 0.1) is 0 Å². The summed E-state index contributed by atoms with van der Waals surface area (Å²) in [5.74, 6) is 1.65. The fourth-order valence-corrected chi connectivity index (χ4v) is 6.98. The molecule has 8 rings (SSSR count). The van der Waals surface area contributed by atoms with Gasteiger partial charge in [0.2, 0.25) is 0 Å². The number of nitrogens with zero attached hydrogens (tertiary/aromatic N) is 2. The summed E-state index contributed by atoms with van der Waals surface area (Å²) in [5, 5.41) is 4.37. The quantitative estimate of drug-likeness (QED) is 0.136. The molecule has 0 atom stereocenters. The number of rotatable bonds is 11. The molecule has 0 spiro atoms. The van der Waals surface area contributed by atoms with Gasteiger partial charge in [0.15, 0.2) is 0 Å². The molecule has 0 aliphatic heterocycles. The fraction of sp³-hybridized carbons (Fsp3) is 0.0833. The first-order chi connectivity index (χ1) is 25.7. The SMILES string of the molecule is CCOc1cc(N(c2ccccc2)c2ccccc2)cc2c(OCC)cc(-c3ccc4cc(N(c5ccccc5)c5ccccc5)ccc4c3)cc12. The van der Waals surface area contributed by atoms with Gasteiger partial charge in [-0.2, -0.15) is 0 Å². The molecule has 0 heterocycles. The fourth-order valence-electron chi connectivity index (χ4n) is 6.98. The van der Waals surface area contributed by atoms with E-state index in [4.69, 9.17) is 9.47 Å². The summed E-state index contributed by atoms with van der Waals surface area (Å²) in [6, 6.07) is 64.1. The van der Waals surface area contributed by atoms with E-state index in [0.717, 1.165) is 67.5 Å². The molecule has 0 unspecified atom stereocenters. The van der Waals surface area contributed by atoms with Crippen molar-refractivity contribution in [3.63, 3.8) is 0 Å². The Morgan fingerprint density at radius 3 is 1.31 bits per heavy atom. The van der Waals surface area contributed by atoms with E-state index < -0.39 is 0 Å². The summed E-state index contributed by atoms with van der Waals surface area (Å²) in [5.41, 5.74) is 8.69. The highest BCUT2D eigenvalue weighted by atomic mass is 16.5. The standard InChI is InChI=1S/C48H40N2O2/c1-3-51-47-32-38(31-45-46(47)33-44(34-48(45)52-4-2)50(41-21-13-7-14-22-41)42-23-15-8-16-24-42)36-25-26-37-30-43(28-27-35(37)29-36)49(39-17-9-5-10-18-39)40-19-11-6-12-20-40/h5-34H,3-4H2,1-2H3. The summed E-state index contributed by atoms with van der Waals surface area (Å²) < 4.78 is 12.8. The summed E-state index contributed by atoms with van der Waals surface area (Å²) in [6.45, 7) is 5.17. The van der Waals surface area contributed by atoms with Gasteiger partial charge in [0.25, 0.3) is 0 Å². The molecule has 0 aliphatic carbocycles. The zero-order chi connectivity index (χ0) is 35.3. The van der Waals surface area contributed by atoms with Gasteiger partial charge in [0, 0.05) is 45.3 Å². The van der Waals surface area contributed by atoms with E-state index in [1.54, 1.807) is 0 Å². The predicted molar refractivity (Wildman–Crippen MR) is 219 cm³/mol. The van der Waals surface area contributed by atoms with Crippen molar-refractivity contribution in [1.29, 1.82) is 0 Å². The number of para-hydroxylation sites is 4. The maximum Gasteiger partial charge on any atom is 0.129 e. The number of ether oxygens (including phenoxy) is 2. The van der Waals surface area contributed by atoms with Crippen LogP contribution in [0.2, 0.25) is 0 Å². The van der Waals surface area contributed by atoms with Gasteiger partial charge < -0.3 is 19.3 Å². The second kappa shape index (κ2) is 14.8. The first-order valence-electron chi connectivity index (χ1n) is 17.9. The Morgan fingerprint density at radius 2 is 0.788 bits per heavy atom. The minimum absolute atomic E-state index is 0.546. The lowest BCUT2D eigenvalue weighted by molar-refractivity contribution is 0.341. The minimum atomic E-state index is 0.546. The smallest absolute Gasteiger partial charge is 0.129 e. The Morgan fingerprint density at radius 1 is 0.346 bits per heavy atom. The Balaban J connectivity index is 1.23. The summed E-state index contributed by atoms with van der Waals surface area (Å²) in [6.07, 6.45) is 0. The third kappa shape index (κ3) is 6.55. The average molecular weight is 677 g/mol. The normalized spacial score (nSPS) is 11.0. The van der Waals surface area contributed by atoms with Crippen LogP contribution in [0.25, 0.3) is 32.7 Å². The molecule has 0 aromatic heterocycles. The molecule has 4 heteroatoms. The topological polar surface area (TPSA) is 24.9 Å². The van der Waals surface area contributed by atoms with Crippen LogP contribution in [0.3, 0.4) is 0 Å². The van der Waals surface area contributed by atoms with Crippen molar-refractivity contribution >= 4 is 55.7 Å². The van der Waals surface area contributed by atoms with Gasteiger partial charge in [0.1, 0.15) is 11.5 Å². The summed E-state index contributed by atoms with van der Waals surface area (Å²) in [4.78, 5) is 4.56. The van der Waals surface area contributed by atoms with Crippen LogP contribution in [0.5, 0.6) is 11.5 Å². The molecule has 52 heavy (non-hydrogen) atoms. The van der Waals surface area contributed by atoms with Crippen LogP contribution in [0.4, 0.5) is 34.1 Å². The minimum Gasteiger partial charge on any atom is -0.493 e. The molecule has 0 bridgehead atoms. The zero-order valence-corrected chi connectivity index (χ0v) is 29.4. The Labute approximate surface area is 305 Å². The van der Waals surface area contributed by atoms with E-state index in [1.807, 2.05) is 26.0 Å². The number of benzene rings is 8. The average Bonchev–Trinajstić information content (AvgIpc) is 3.20. The van der Waals surface area contributed by atoms with Crippen molar-refractivity contribution in [2.24, 2.45) is 0 Å². The summed E-state index contributed by atoms with van der Waals surface area (Å²) >= 11 is 0. The third-order valence-corrected chi connectivity index (χ3v) is 9.31. The van der Waals surface area contributed by atoms with Crippen molar-refractivity contribution in [3.8, 4) is 22.6 Å². The van der Waals surface area contributed by atoms with E-state index in [-0.39, 0.29) is 0 Å². The van der Waals surface area contributed by atoms with E-state index in [0.29, 0.717) is 13.2 Å². The van der Waals surface area contributed by atoms with Gasteiger partial charge in [-0.3, -0.25) is 0 Å². The van der Waals surface area contributed by atoms with Gasteiger partial charge in [-0.25, -0.2) is 0 Å². The van der Waals surface area contributed by atoms with Crippen molar-refractivity contribution in [2.75, 3.05) is 23.0 Å². The molecule has 4 nitrogen and oxygen atoms in total. The first kappa shape index (κ1) is 32.7. The Hall–Kier alpha value is -6.52. The van der Waals surface area contributed by atoms with Gasteiger partial charge in [0.05, 0.1) is 18.9 Å². The van der Waals surface area contributed by atoms with Crippen LogP contribution in [-0.4, -0.2) is 13.2 Å². The largest absolute Gasteiger partial charge is 0.493 e. The van der Waals surface area contributed by atoms with Crippen molar-refractivity contribution in [3.05, 3.63) is 182 Å². The molecule has 0 saturated carbocycles. The number of hydrogen-bond acceptors (Lipinski definition) is 4. The lowest BCUT2D eigenvalue weighted by Crippen LogP contribution is -2.10. The van der Waals surface area contributed by atoms with Gasteiger partial charge in [-0.1, -0.05) is 91.0 Å². The van der Waals surface area contributed by atoms with Gasteiger partial charge in [-0.15, -0.1) is 0 Å². The molecular weight excluding hydrogens is 637 g/mol. The number of hydrogen-bond donors (Lipinski definition) is 0. The van der Waals surface area contributed by atoms with Crippen LogP contribution in [-0.2, 0) is 0 Å². The van der Waals surface area contributed by atoms with E-state index in [9.17, 15) is 0 Å². The summed E-state index contributed by atoms with van der Waals surface area (Å²) in [7, 11) is 0. The predicted octanol–water partition coefficient (Wildman–Crippen LogP) is 13.4. The van der Waals surface area contributed by atoms with Gasteiger partial charge >= 0.3 is 0 Å². The molecular formula is C48H40N2O2. The highest BCUT2D eigenvalue weighted by Gasteiger charge is 2.19. The molecule has 0 saturated heterocycles. The van der Waals surface area contributed by atoms with Crippen LogP contribution < -0.4 is 19.3 Å². The van der Waals surface area contributed by atoms with Gasteiger partial charge in [-0.05, 0) is 121 Å². The molecule has 8 aromatic rings. The molecule has 0 aliphatic rings. The van der Waals surface area contributed by atoms with E-state index in [2.05, 4.69) is 180 Å². The lowest BCUT2D eigenvalue weighted by Gasteiger charge is -2.27. The maximum atomic E-state index is 6.40. The maximum absolute atomic E-state index is 6.40. The highest BCUT2D eigenvalue weighted by molar-refractivity contribution is 6.01. The zero-order valence-electron chi connectivity index (χ0n) is 29.4. The monoisotopic (exact) mass is 676 g/mol. The lowest BCUT2D eigenvalue weighted by atomic mass is 9.96. The van der Waals surface area contributed by atoms with Crippen LogP contribution >= 0.6 is 0 Å². The molecule has 8 aromatic carbocycles. The first-order valence-corrected chi connectivity index (χ1v) is 17.9. The molecule has 0 N–H and O–H groups in total. The second-order valence-electron chi connectivity index (χ2n) is 12.6. The van der Waals surface area contributed by atoms with Crippen LogP contribution in [0.1, 0.15) is 13.8 Å². The van der Waals surface area contributed by atoms with Crippen molar-refractivity contribution < 1.29 is 9.47 Å². The van der Waals surface area contributed by atoms with Crippen molar-refractivity contribution in [1.82, 2.24) is 0 Å². The molecule has 0 amide bonds. The van der Waals surface area contributed by atoms with E-state index in [1.165, 1.54) is 10.8 Å². The van der Waals surface area contributed by atoms with E-state index >= 15 is 0 Å². The van der Waals surface area contributed by atoms with Crippen LogP contribution in [0.15, 0.2) is 182 Å². The second-order valence-corrected chi connectivity index (χ2v) is 12.6. The third-order valence-electron chi connectivity index (χ3n) is 9.31. The van der Waals surface area contributed by atoms with Crippen molar-refractivity contribution in [2.45, 2.75) is 13.8 Å². The highest BCUT2D eigenvalue weighted by Crippen LogP contribution is 2.44. The Kier molecular flexibility index (Phi) is 9.27. The molecule has 0 radical (unpaired) electrons. The molecule has 0 fully saturated rings.